The van der Waals surface area contributed by atoms with Crippen LogP contribution in [0.5, 0.6) is 0 Å². The number of nitrogens with one attached hydrogen (secondary N) is 1. The molecular weight excluding hydrogens is 330 g/mol. The number of hydrogen-bond acceptors (Lipinski definition) is 4. The number of fused-ring (bicyclic) bond motifs is 1. The van der Waals surface area contributed by atoms with Crippen molar-refractivity contribution in [2.45, 2.75) is 25.9 Å². The van der Waals surface area contributed by atoms with Crippen LogP contribution in [0, 0.1) is 0 Å². The summed E-state index contributed by atoms with van der Waals surface area (Å²) in [7, 11) is 0. The van der Waals surface area contributed by atoms with Gasteiger partial charge in [-0.25, -0.2) is 0 Å². The smallest absolute Gasteiger partial charge is 0.242 e. The average Bonchev–Trinajstić information content (AvgIpc) is 2.64. The van der Waals surface area contributed by atoms with Gasteiger partial charge in [0.05, 0.1) is 17.8 Å². The van der Waals surface area contributed by atoms with Crippen molar-refractivity contribution in [1.29, 1.82) is 0 Å². The van der Waals surface area contributed by atoms with Gasteiger partial charge in [-0.05, 0) is 31.0 Å². The molecule has 0 bridgehead atoms. The highest BCUT2D eigenvalue weighted by Gasteiger charge is 2.18. The molecular formula is C20H19N3O3. The predicted octanol–water partition coefficient (Wildman–Crippen LogP) is 1.71. The molecule has 0 unspecified atom stereocenters. The van der Waals surface area contributed by atoms with Gasteiger partial charge < -0.3 is 5.32 Å². The molecule has 1 atom stereocenters. The second kappa shape index (κ2) is 7.74. The Balaban J connectivity index is 1.76. The second-order valence-electron chi connectivity index (χ2n) is 6.10. The second-order valence-corrected chi connectivity index (χ2v) is 6.10. The van der Waals surface area contributed by atoms with Gasteiger partial charge in [-0.1, -0.05) is 42.5 Å². The Kier molecular flexibility index (Phi) is 5.22. The first kappa shape index (κ1) is 17.5. The Morgan fingerprint density at radius 2 is 1.77 bits per heavy atom. The van der Waals surface area contributed by atoms with Crippen molar-refractivity contribution in [2.24, 2.45) is 0 Å². The van der Waals surface area contributed by atoms with E-state index in [1.807, 2.05) is 30.3 Å². The zero-order valence-corrected chi connectivity index (χ0v) is 14.4. The minimum Gasteiger partial charge on any atom is -0.344 e. The number of hydrogen-bond donors (Lipinski definition) is 1. The molecule has 1 heterocycles. The molecule has 0 spiro atoms. The van der Waals surface area contributed by atoms with E-state index in [9.17, 15) is 14.4 Å². The number of amides is 1. The van der Waals surface area contributed by atoms with Crippen LogP contribution in [0.15, 0.2) is 65.6 Å². The highest BCUT2D eigenvalue weighted by molar-refractivity contribution is 5.88. The number of rotatable bonds is 6. The molecule has 0 fully saturated rings. The first-order valence-corrected chi connectivity index (χ1v) is 8.33. The summed E-state index contributed by atoms with van der Waals surface area (Å²) in [6.45, 7) is 1.39. The van der Waals surface area contributed by atoms with E-state index >= 15 is 0 Å². The number of nitrogens with zero attached hydrogens (tertiary/aromatic N) is 2. The summed E-state index contributed by atoms with van der Waals surface area (Å²) in [4.78, 5) is 36.2. The quantitative estimate of drug-likeness (QED) is 0.735. The van der Waals surface area contributed by atoms with Gasteiger partial charge >= 0.3 is 0 Å². The monoisotopic (exact) mass is 349 g/mol. The zero-order chi connectivity index (χ0) is 18.5. The fourth-order valence-corrected chi connectivity index (χ4v) is 2.81. The van der Waals surface area contributed by atoms with Crippen LogP contribution < -0.4 is 10.7 Å². The van der Waals surface area contributed by atoms with E-state index in [0.29, 0.717) is 17.3 Å². The third-order valence-electron chi connectivity index (χ3n) is 4.16. The van der Waals surface area contributed by atoms with E-state index in [1.165, 1.54) is 17.8 Å². The summed E-state index contributed by atoms with van der Waals surface area (Å²) >= 11 is 0. The zero-order valence-electron chi connectivity index (χ0n) is 14.4. The van der Waals surface area contributed by atoms with Gasteiger partial charge in [0.25, 0.3) is 0 Å². The Bertz CT molecular complexity index is 996. The van der Waals surface area contributed by atoms with Gasteiger partial charge in [0.1, 0.15) is 6.54 Å². The summed E-state index contributed by atoms with van der Waals surface area (Å²) in [5, 5.41) is 7.31. The maximum absolute atomic E-state index is 12.4. The van der Waals surface area contributed by atoms with Crippen LogP contribution in [0.2, 0.25) is 0 Å². The van der Waals surface area contributed by atoms with Crippen molar-refractivity contribution in [3.63, 3.8) is 0 Å². The normalized spacial score (nSPS) is 11.9. The molecule has 132 valence electrons. The summed E-state index contributed by atoms with van der Waals surface area (Å²) in [6.07, 6.45) is 1.63. The molecule has 26 heavy (non-hydrogen) atoms. The molecule has 2 aromatic carbocycles. The highest BCUT2D eigenvalue weighted by Crippen LogP contribution is 2.08. The van der Waals surface area contributed by atoms with E-state index < -0.39 is 6.04 Å². The SMILES string of the molecule is CC(=O)[C@H](Cc1ccccc1)NC(=O)Cn1ncc(=O)c2ccccc21. The molecule has 6 nitrogen and oxygen atoms in total. The van der Waals surface area contributed by atoms with E-state index in [-0.39, 0.29) is 23.7 Å². The van der Waals surface area contributed by atoms with Crippen LogP contribution in [-0.2, 0) is 22.6 Å². The summed E-state index contributed by atoms with van der Waals surface area (Å²) in [5.74, 6) is -0.442. The molecule has 0 aliphatic carbocycles. The number of aromatic nitrogens is 2. The van der Waals surface area contributed by atoms with Crippen molar-refractivity contribution in [3.8, 4) is 0 Å². The lowest BCUT2D eigenvalue weighted by atomic mass is 10.0. The largest absolute Gasteiger partial charge is 0.344 e. The van der Waals surface area contributed by atoms with Crippen LogP contribution in [-0.4, -0.2) is 27.5 Å². The van der Waals surface area contributed by atoms with Crippen LogP contribution in [0.3, 0.4) is 0 Å². The van der Waals surface area contributed by atoms with Gasteiger partial charge in [0.2, 0.25) is 11.3 Å². The van der Waals surface area contributed by atoms with E-state index in [0.717, 1.165) is 5.56 Å². The Labute approximate surface area is 150 Å². The van der Waals surface area contributed by atoms with E-state index in [1.54, 1.807) is 24.3 Å². The van der Waals surface area contributed by atoms with Crippen molar-refractivity contribution in [3.05, 3.63) is 76.6 Å². The van der Waals surface area contributed by atoms with Crippen LogP contribution in [0.4, 0.5) is 0 Å². The first-order chi connectivity index (χ1) is 12.5. The predicted molar refractivity (Wildman–Crippen MR) is 98.8 cm³/mol. The molecule has 3 aromatic rings. The number of Topliss-reactive ketones (excluding diaryl/α,β-unsaturated/α-hetero) is 1. The van der Waals surface area contributed by atoms with Crippen molar-refractivity contribution < 1.29 is 9.59 Å². The number of para-hydroxylation sites is 1. The Morgan fingerprint density at radius 1 is 1.08 bits per heavy atom. The van der Waals surface area contributed by atoms with Crippen molar-refractivity contribution in [2.75, 3.05) is 0 Å². The van der Waals surface area contributed by atoms with Crippen molar-refractivity contribution in [1.82, 2.24) is 15.1 Å². The fourth-order valence-electron chi connectivity index (χ4n) is 2.81. The van der Waals surface area contributed by atoms with Crippen molar-refractivity contribution >= 4 is 22.6 Å². The van der Waals surface area contributed by atoms with E-state index in [4.69, 9.17) is 0 Å². The van der Waals surface area contributed by atoms with Gasteiger partial charge in [-0.2, -0.15) is 5.10 Å². The maximum atomic E-state index is 12.4. The fraction of sp³-hybridized carbons (Fsp3) is 0.200. The number of carbonyl (C=O) groups excluding carboxylic acids is 2. The lowest BCUT2D eigenvalue weighted by molar-refractivity contribution is -0.127. The minimum absolute atomic E-state index is 0.0701. The minimum atomic E-state index is -0.601. The van der Waals surface area contributed by atoms with Crippen LogP contribution in [0.1, 0.15) is 12.5 Å². The summed E-state index contributed by atoms with van der Waals surface area (Å²) < 4.78 is 1.46. The summed E-state index contributed by atoms with van der Waals surface area (Å²) in [5.41, 5.74) is 1.36. The number of ketones is 1. The third-order valence-corrected chi connectivity index (χ3v) is 4.16. The van der Waals surface area contributed by atoms with Crippen LogP contribution in [0.25, 0.3) is 10.9 Å². The van der Waals surface area contributed by atoms with Gasteiger partial charge in [-0.15, -0.1) is 0 Å². The standard InChI is InChI=1S/C20H19N3O3/c1-14(24)17(11-15-7-3-2-4-8-15)22-20(26)13-23-18-10-6-5-9-16(18)19(25)12-21-23/h2-10,12,17H,11,13H2,1H3,(H,22,26)/t17-/m0/s1. The first-order valence-electron chi connectivity index (χ1n) is 8.33. The Hall–Kier alpha value is -3.28. The molecule has 1 N–H and O–H groups in total. The molecule has 1 aromatic heterocycles. The Morgan fingerprint density at radius 3 is 2.50 bits per heavy atom. The topological polar surface area (TPSA) is 81.1 Å². The molecule has 0 radical (unpaired) electrons. The molecule has 3 rings (SSSR count). The van der Waals surface area contributed by atoms with E-state index in [2.05, 4.69) is 10.4 Å². The molecule has 1 amide bonds. The third kappa shape index (κ3) is 4.03. The van der Waals surface area contributed by atoms with Gasteiger partial charge in [-0.3, -0.25) is 19.1 Å². The molecule has 0 saturated heterocycles. The summed E-state index contributed by atoms with van der Waals surface area (Å²) in [6, 6.07) is 15.9. The molecule has 0 aliphatic heterocycles. The van der Waals surface area contributed by atoms with Gasteiger partial charge in [0.15, 0.2) is 5.78 Å². The van der Waals surface area contributed by atoms with Crippen LogP contribution >= 0.6 is 0 Å². The highest BCUT2D eigenvalue weighted by atomic mass is 16.2. The lowest BCUT2D eigenvalue weighted by Crippen LogP contribution is -2.43. The number of carbonyl (C=O) groups is 2. The number of benzene rings is 2. The maximum Gasteiger partial charge on any atom is 0.242 e. The average molecular weight is 349 g/mol. The molecule has 0 aliphatic rings. The lowest BCUT2D eigenvalue weighted by Gasteiger charge is -2.17. The van der Waals surface area contributed by atoms with Gasteiger partial charge in [0, 0.05) is 5.39 Å². The molecule has 0 saturated carbocycles. The molecule has 6 heteroatoms.